The summed E-state index contributed by atoms with van der Waals surface area (Å²) >= 11 is 0. The fourth-order valence-corrected chi connectivity index (χ4v) is 5.38. The fraction of sp³-hybridized carbons (Fsp3) is 0.257. The number of carbonyl (C=O) groups is 2. The van der Waals surface area contributed by atoms with Gasteiger partial charge in [-0.15, -0.1) is 0 Å². The van der Waals surface area contributed by atoms with Crippen LogP contribution in [0.1, 0.15) is 40.9 Å². The number of methoxy groups -OCH3 is 1. The zero-order chi connectivity index (χ0) is 29.3. The molecule has 0 bridgehead atoms. The van der Waals surface area contributed by atoms with Crippen LogP contribution >= 0.6 is 0 Å². The van der Waals surface area contributed by atoms with Crippen LogP contribution < -0.4 is 25.2 Å². The largest absolute Gasteiger partial charge is 0.495 e. The zero-order valence-corrected chi connectivity index (χ0v) is 24.3. The molecular weight excluding hydrogens is 524 g/mol. The van der Waals surface area contributed by atoms with Crippen molar-refractivity contribution in [1.82, 2.24) is 5.32 Å². The number of anilines is 3. The van der Waals surface area contributed by atoms with E-state index in [1.165, 1.54) is 0 Å². The molecule has 4 aromatic rings. The molecule has 1 heterocycles. The minimum Gasteiger partial charge on any atom is -0.495 e. The van der Waals surface area contributed by atoms with E-state index in [-0.39, 0.29) is 17.9 Å². The first-order chi connectivity index (χ1) is 20.5. The minimum atomic E-state index is -0.172. The zero-order valence-electron chi connectivity index (χ0n) is 24.3. The molecule has 1 atom stereocenters. The Labute approximate surface area is 248 Å². The van der Waals surface area contributed by atoms with E-state index in [0.717, 1.165) is 54.4 Å². The topological polar surface area (TPSA) is 73.9 Å². The number of nitrogens with zero attached hydrogens (tertiary/aromatic N) is 2. The lowest BCUT2D eigenvalue weighted by Crippen LogP contribution is -2.47. The van der Waals surface area contributed by atoms with Crippen molar-refractivity contribution >= 4 is 28.9 Å². The Morgan fingerprint density at radius 1 is 0.786 bits per heavy atom. The number of hydrogen-bond donors (Lipinski definition) is 2. The predicted molar refractivity (Wildman–Crippen MR) is 170 cm³/mol. The van der Waals surface area contributed by atoms with Crippen molar-refractivity contribution in [2.75, 3.05) is 48.4 Å². The van der Waals surface area contributed by atoms with Gasteiger partial charge in [0.1, 0.15) is 5.75 Å². The van der Waals surface area contributed by atoms with Gasteiger partial charge >= 0.3 is 0 Å². The first kappa shape index (κ1) is 28.7. The van der Waals surface area contributed by atoms with E-state index in [1.54, 1.807) is 13.2 Å². The Kier molecular flexibility index (Phi) is 9.39. The van der Waals surface area contributed by atoms with Crippen molar-refractivity contribution in [1.29, 1.82) is 0 Å². The predicted octanol–water partition coefficient (Wildman–Crippen LogP) is 6.08. The van der Waals surface area contributed by atoms with Crippen LogP contribution in [0.15, 0.2) is 103 Å². The van der Waals surface area contributed by atoms with Crippen LogP contribution in [0.3, 0.4) is 0 Å². The number of benzene rings is 4. The van der Waals surface area contributed by atoms with Gasteiger partial charge in [0, 0.05) is 44.0 Å². The molecular formula is C35H38N4O3. The molecule has 0 aliphatic carbocycles. The third-order valence-electron chi connectivity index (χ3n) is 7.70. The molecule has 1 fully saturated rings. The number of amides is 2. The molecule has 7 heteroatoms. The molecule has 1 aliphatic heterocycles. The van der Waals surface area contributed by atoms with Crippen LogP contribution in [0.2, 0.25) is 0 Å². The van der Waals surface area contributed by atoms with Crippen molar-refractivity contribution in [3.63, 3.8) is 0 Å². The molecule has 0 radical (unpaired) electrons. The standard InChI is InChI=1S/C35H38N4O3/c1-26(28-13-7-4-8-14-28)36-35(41)30-25-29(37-34(40)20-17-27-11-5-3-6-12-27)18-19-31(30)38-21-23-39(24-22-38)32-15-9-10-16-33(32)42-2/h3-16,18-19,25-26H,17,20-24H2,1-2H3,(H,36,41)(H,37,40). The normalized spacial score (nSPS) is 13.8. The van der Waals surface area contributed by atoms with Crippen LogP contribution in [0.5, 0.6) is 5.75 Å². The van der Waals surface area contributed by atoms with Crippen LogP contribution in [-0.4, -0.2) is 45.1 Å². The summed E-state index contributed by atoms with van der Waals surface area (Å²) in [4.78, 5) is 31.1. The van der Waals surface area contributed by atoms with Crippen molar-refractivity contribution in [3.8, 4) is 5.75 Å². The van der Waals surface area contributed by atoms with E-state index >= 15 is 0 Å². The second kappa shape index (κ2) is 13.7. The Balaban J connectivity index is 1.33. The van der Waals surface area contributed by atoms with Gasteiger partial charge in [-0.25, -0.2) is 0 Å². The van der Waals surface area contributed by atoms with Gasteiger partial charge in [0.05, 0.1) is 24.4 Å². The molecule has 1 aliphatic rings. The van der Waals surface area contributed by atoms with E-state index in [9.17, 15) is 9.59 Å². The molecule has 4 aromatic carbocycles. The monoisotopic (exact) mass is 562 g/mol. The molecule has 216 valence electrons. The van der Waals surface area contributed by atoms with Gasteiger partial charge in [-0.2, -0.15) is 0 Å². The molecule has 5 rings (SSSR count). The van der Waals surface area contributed by atoms with E-state index < -0.39 is 0 Å². The Bertz CT molecular complexity index is 1480. The smallest absolute Gasteiger partial charge is 0.253 e. The third kappa shape index (κ3) is 7.10. The maximum Gasteiger partial charge on any atom is 0.253 e. The van der Waals surface area contributed by atoms with Crippen LogP contribution in [0.25, 0.3) is 0 Å². The Morgan fingerprint density at radius 3 is 2.10 bits per heavy atom. The van der Waals surface area contributed by atoms with Gasteiger partial charge in [-0.3, -0.25) is 9.59 Å². The SMILES string of the molecule is COc1ccccc1N1CCN(c2ccc(NC(=O)CCc3ccccc3)cc2C(=O)NC(C)c2ccccc2)CC1. The van der Waals surface area contributed by atoms with Gasteiger partial charge in [0.25, 0.3) is 5.91 Å². The first-order valence-electron chi connectivity index (χ1n) is 14.5. The van der Waals surface area contributed by atoms with Crippen LogP contribution in [0.4, 0.5) is 17.1 Å². The van der Waals surface area contributed by atoms with Crippen molar-refractivity contribution in [2.45, 2.75) is 25.8 Å². The average Bonchev–Trinajstić information content (AvgIpc) is 3.04. The summed E-state index contributed by atoms with van der Waals surface area (Å²) in [5.74, 6) is 0.600. The van der Waals surface area contributed by atoms with E-state index in [1.807, 2.05) is 97.9 Å². The second-order valence-corrected chi connectivity index (χ2v) is 10.5. The van der Waals surface area contributed by atoms with Crippen molar-refractivity contribution in [3.05, 3.63) is 120 Å². The second-order valence-electron chi connectivity index (χ2n) is 10.5. The van der Waals surface area contributed by atoms with Gasteiger partial charge in [0.2, 0.25) is 5.91 Å². The summed E-state index contributed by atoms with van der Waals surface area (Å²) < 4.78 is 5.58. The summed E-state index contributed by atoms with van der Waals surface area (Å²) in [6.45, 7) is 5.05. The maximum absolute atomic E-state index is 13.7. The first-order valence-corrected chi connectivity index (χ1v) is 14.5. The molecule has 42 heavy (non-hydrogen) atoms. The van der Waals surface area contributed by atoms with E-state index in [2.05, 4.69) is 26.5 Å². The van der Waals surface area contributed by atoms with Crippen LogP contribution in [-0.2, 0) is 11.2 Å². The van der Waals surface area contributed by atoms with Gasteiger partial charge < -0.3 is 25.2 Å². The highest BCUT2D eigenvalue weighted by Gasteiger charge is 2.24. The lowest BCUT2D eigenvalue weighted by atomic mass is 10.1. The molecule has 7 nitrogen and oxygen atoms in total. The van der Waals surface area contributed by atoms with Crippen LogP contribution in [0, 0.1) is 0 Å². The Hall–Kier alpha value is -4.78. The number of hydrogen-bond acceptors (Lipinski definition) is 5. The summed E-state index contributed by atoms with van der Waals surface area (Å²) in [5, 5.41) is 6.17. The van der Waals surface area contributed by atoms with Gasteiger partial charge in [-0.05, 0) is 54.8 Å². The molecule has 1 unspecified atom stereocenters. The quantitative estimate of drug-likeness (QED) is 0.245. The molecule has 0 aromatic heterocycles. The number of carbonyl (C=O) groups excluding carboxylic acids is 2. The summed E-state index contributed by atoms with van der Waals surface area (Å²) in [5.41, 5.74) is 5.23. The van der Waals surface area contributed by atoms with Crippen molar-refractivity contribution < 1.29 is 14.3 Å². The van der Waals surface area contributed by atoms with Crippen molar-refractivity contribution in [2.24, 2.45) is 0 Å². The summed E-state index contributed by atoms with van der Waals surface area (Å²) in [6, 6.07) is 33.4. The molecule has 1 saturated heterocycles. The lowest BCUT2D eigenvalue weighted by Gasteiger charge is -2.38. The highest BCUT2D eigenvalue weighted by Crippen LogP contribution is 2.31. The number of para-hydroxylation sites is 2. The maximum atomic E-state index is 13.7. The number of piperazine rings is 1. The number of ether oxygens (including phenoxy) is 1. The average molecular weight is 563 g/mol. The van der Waals surface area contributed by atoms with E-state index in [4.69, 9.17) is 4.74 Å². The lowest BCUT2D eigenvalue weighted by molar-refractivity contribution is -0.116. The number of nitrogens with one attached hydrogen (secondary N) is 2. The Morgan fingerprint density at radius 2 is 1.40 bits per heavy atom. The highest BCUT2D eigenvalue weighted by atomic mass is 16.5. The molecule has 0 spiro atoms. The fourth-order valence-electron chi connectivity index (χ4n) is 5.38. The van der Waals surface area contributed by atoms with E-state index in [0.29, 0.717) is 24.1 Å². The number of aryl methyl sites for hydroxylation is 1. The third-order valence-corrected chi connectivity index (χ3v) is 7.70. The molecule has 2 amide bonds. The number of rotatable bonds is 10. The van der Waals surface area contributed by atoms with Gasteiger partial charge in [0.15, 0.2) is 0 Å². The minimum absolute atomic E-state index is 0.0824. The molecule has 2 N–H and O–H groups in total. The van der Waals surface area contributed by atoms with Gasteiger partial charge in [-0.1, -0.05) is 72.8 Å². The molecule has 0 saturated carbocycles. The highest BCUT2D eigenvalue weighted by molar-refractivity contribution is 6.02. The summed E-state index contributed by atoms with van der Waals surface area (Å²) in [7, 11) is 1.69. The summed E-state index contributed by atoms with van der Waals surface area (Å²) in [6.07, 6.45) is 1.02.